The van der Waals surface area contributed by atoms with Gasteiger partial charge in [-0.3, -0.25) is 24.2 Å². The molecule has 0 unspecified atom stereocenters. The average molecular weight is 496 g/mol. The molecule has 32 heavy (non-hydrogen) atoms. The predicted octanol–water partition coefficient (Wildman–Crippen LogP) is 2.43. The van der Waals surface area contributed by atoms with Gasteiger partial charge in [-0.1, -0.05) is 22.0 Å². The second-order valence-electron chi connectivity index (χ2n) is 8.06. The number of fused-ring (bicyclic) bond motifs is 2. The van der Waals surface area contributed by atoms with E-state index in [1.54, 1.807) is 18.2 Å². The zero-order valence-corrected chi connectivity index (χ0v) is 19.0. The molecular weight excluding hydrogens is 474 g/mol. The van der Waals surface area contributed by atoms with Crippen molar-refractivity contribution < 1.29 is 14.4 Å². The number of halogens is 1. The Hall–Kier alpha value is -3.04. The second kappa shape index (κ2) is 8.48. The average Bonchev–Trinajstić information content (AvgIpc) is 3.30. The number of nitrogens with zero attached hydrogens (tertiary/aromatic N) is 5. The summed E-state index contributed by atoms with van der Waals surface area (Å²) in [5, 5.41) is 0. The summed E-state index contributed by atoms with van der Waals surface area (Å²) in [7, 11) is 0. The lowest BCUT2D eigenvalue weighted by molar-refractivity contribution is -0.133. The molecule has 2 aromatic heterocycles. The van der Waals surface area contributed by atoms with Gasteiger partial charge in [0.15, 0.2) is 0 Å². The van der Waals surface area contributed by atoms with Crippen molar-refractivity contribution in [3.05, 3.63) is 70.1 Å². The first-order valence-corrected chi connectivity index (χ1v) is 11.4. The van der Waals surface area contributed by atoms with E-state index in [2.05, 4.69) is 25.8 Å². The van der Waals surface area contributed by atoms with Gasteiger partial charge in [-0.15, -0.1) is 0 Å². The molecule has 0 spiro atoms. The number of hydrogen-bond acceptors (Lipinski definition) is 5. The van der Waals surface area contributed by atoms with Crippen LogP contribution in [0, 0.1) is 0 Å². The van der Waals surface area contributed by atoms with Crippen LogP contribution in [0.25, 0.3) is 5.65 Å². The van der Waals surface area contributed by atoms with Crippen LogP contribution in [0.2, 0.25) is 0 Å². The molecule has 9 heteroatoms. The molecule has 0 bridgehead atoms. The zero-order chi connectivity index (χ0) is 22.2. The third kappa shape index (κ3) is 3.93. The van der Waals surface area contributed by atoms with Crippen LogP contribution in [0.5, 0.6) is 0 Å². The van der Waals surface area contributed by atoms with Crippen LogP contribution in [-0.4, -0.2) is 74.5 Å². The molecule has 1 aromatic carbocycles. The highest BCUT2D eigenvalue weighted by Crippen LogP contribution is 2.26. The first-order valence-electron chi connectivity index (χ1n) is 10.6. The third-order valence-corrected chi connectivity index (χ3v) is 6.50. The Morgan fingerprint density at radius 1 is 1.00 bits per heavy atom. The topological polar surface area (TPSA) is 78.2 Å². The van der Waals surface area contributed by atoms with Gasteiger partial charge in [-0.25, -0.2) is 4.98 Å². The smallest absolute Gasteiger partial charge is 0.261 e. The first kappa shape index (κ1) is 20.8. The fraction of sp³-hybridized carbons (Fsp3) is 0.304. The van der Waals surface area contributed by atoms with E-state index in [4.69, 9.17) is 0 Å². The second-order valence-corrected chi connectivity index (χ2v) is 8.97. The Morgan fingerprint density at radius 2 is 1.78 bits per heavy atom. The minimum absolute atomic E-state index is 0.0323. The number of aromatic nitrogens is 2. The van der Waals surface area contributed by atoms with E-state index in [0.29, 0.717) is 24.2 Å². The standard InChI is InChI=1S/C23H22BrN5O3/c24-16-4-5-18-19(13-16)23(32)29(22(18)31)8-6-21(30)27-11-9-26(10-12-27)14-17-15-28-7-2-1-3-20(28)25-17/h1-5,7,13,15H,6,8-12,14H2. The van der Waals surface area contributed by atoms with Crippen LogP contribution in [0.4, 0.5) is 0 Å². The highest BCUT2D eigenvalue weighted by molar-refractivity contribution is 9.10. The van der Waals surface area contributed by atoms with Crippen LogP contribution in [0.3, 0.4) is 0 Å². The van der Waals surface area contributed by atoms with E-state index >= 15 is 0 Å². The summed E-state index contributed by atoms with van der Waals surface area (Å²) in [5.41, 5.74) is 2.72. The Bertz CT molecular complexity index is 1180. The monoisotopic (exact) mass is 495 g/mol. The van der Waals surface area contributed by atoms with Gasteiger partial charge < -0.3 is 9.30 Å². The van der Waals surface area contributed by atoms with Gasteiger partial charge in [0.2, 0.25) is 5.91 Å². The highest BCUT2D eigenvalue weighted by atomic mass is 79.9. The molecule has 0 atom stereocenters. The number of rotatable bonds is 5. The Kier molecular flexibility index (Phi) is 5.52. The summed E-state index contributed by atoms with van der Waals surface area (Å²) in [6.07, 6.45) is 4.15. The maximum Gasteiger partial charge on any atom is 0.261 e. The number of benzene rings is 1. The number of imidazole rings is 1. The molecule has 1 fully saturated rings. The summed E-state index contributed by atoms with van der Waals surface area (Å²) < 4.78 is 2.75. The minimum atomic E-state index is -0.337. The predicted molar refractivity (Wildman–Crippen MR) is 121 cm³/mol. The van der Waals surface area contributed by atoms with Crippen molar-refractivity contribution in [2.45, 2.75) is 13.0 Å². The fourth-order valence-electron chi connectivity index (χ4n) is 4.28. The van der Waals surface area contributed by atoms with Crippen molar-refractivity contribution in [3.63, 3.8) is 0 Å². The normalized spacial score (nSPS) is 16.8. The van der Waals surface area contributed by atoms with Gasteiger partial charge in [0.05, 0.1) is 16.8 Å². The zero-order valence-electron chi connectivity index (χ0n) is 17.4. The quantitative estimate of drug-likeness (QED) is 0.508. The highest BCUT2D eigenvalue weighted by Gasteiger charge is 2.36. The van der Waals surface area contributed by atoms with Crippen molar-refractivity contribution in [1.29, 1.82) is 0 Å². The summed E-state index contributed by atoms with van der Waals surface area (Å²) in [5.74, 6) is -0.700. The van der Waals surface area contributed by atoms with Gasteiger partial charge >= 0.3 is 0 Å². The third-order valence-electron chi connectivity index (χ3n) is 6.01. The molecule has 2 aliphatic heterocycles. The van der Waals surface area contributed by atoms with Crippen LogP contribution in [-0.2, 0) is 11.3 Å². The summed E-state index contributed by atoms with van der Waals surface area (Å²) in [6, 6.07) is 11.0. The fourth-order valence-corrected chi connectivity index (χ4v) is 4.64. The summed E-state index contributed by atoms with van der Waals surface area (Å²) in [4.78, 5) is 47.7. The number of piperazine rings is 1. The summed E-state index contributed by atoms with van der Waals surface area (Å²) in [6.45, 7) is 3.63. The maximum absolute atomic E-state index is 12.7. The van der Waals surface area contributed by atoms with Gasteiger partial charge in [0.1, 0.15) is 5.65 Å². The molecule has 2 aliphatic rings. The van der Waals surface area contributed by atoms with E-state index < -0.39 is 0 Å². The molecule has 3 aromatic rings. The van der Waals surface area contributed by atoms with Gasteiger partial charge in [-0.2, -0.15) is 0 Å². The number of carbonyl (C=O) groups excluding carboxylic acids is 3. The van der Waals surface area contributed by atoms with Crippen molar-refractivity contribution in [3.8, 4) is 0 Å². The number of carbonyl (C=O) groups is 3. The van der Waals surface area contributed by atoms with Crippen LogP contribution in [0.1, 0.15) is 32.8 Å². The lowest BCUT2D eigenvalue weighted by Gasteiger charge is -2.34. The van der Waals surface area contributed by atoms with E-state index in [1.165, 1.54) is 4.90 Å². The molecule has 0 aliphatic carbocycles. The molecular formula is C23H22BrN5O3. The van der Waals surface area contributed by atoms with E-state index in [0.717, 1.165) is 35.4 Å². The number of pyridine rings is 1. The molecule has 3 amide bonds. The molecule has 0 saturated carbocycles. The largest absolute Gasteiger partial charge is 0.340 e. The van der Waals surface area contributed by atoms with Crippen LogP contribution >= 0.6 is 15.9 Å². The number of amides is 3. The van der Waals surface area contributed by atoms with Gasteiger partial charge in [0.25, 0.3) is 11.8 Å². The molecule has 0 N–H and O–H groups in total. The molecule has 164 valence electrons. The van der Waals surface area contributed by atoms with Gasteiger partial charge in [-0.05, 0) is 30.3 Å². The Balaban J connectivity index is 1.13. The van der Waals surface area contributed by atoms with E-state index in [1.807, 2.05) is 39.9 Å². The van der Waals surface area contributed by atoms with Crippen LogP contribution in [0.15, 0.2) is 53.3 Å². The van der Waals surface area contributed by atoms with Crippen molar-refractivity contribution in [2.24, 2.45) is 0 Å². The number of hydrogen-bond donors (Lipinski definition) is 0. The van der Waals surface area contributed by atoms with Crippen molar-refractivity contribution >= 4 is 39.3 Å². The van der Waals surface area contributed by atoms with Crippen molar-refractivity contribution in [1.82, 2.24) is 24.1 Å². The Labute approximate surface area is 193 Å². The van der Waals surface area contributed by atoms with Crippen molar-refractivity contribution in [2.75, 3.05) is 32.7 Å². The number of imide groups is 1. The van der Waals surface area contributed by atoms with Gasteiger partial charge in [0, 0.05) is 62.6 Å². The van der Waals surface area contributed by atoms with E-state index in [9.17, 15) is 14.4 Å². The molecule has 0 radical (unpaired) electrons. The van der Waals surface area contributed by atoms with Crippen LogP contribution < -0.4 is 0 Å². The van der Waals surface area contributed by atoms with E-state index in [-0.39, 0.29) is 30.7 Å². The minimum Gasteiger partial charge on any atom is -0.340 e. The molecule has 8 nitrogen and oxygen atoms in total. The molecule has 5 rings (SSSR count). The lowest BCUT2D eigenvalue weighted by atomic mass is 10.1. The Morgan fingerprint density at radius 3 is 2.56 bits per heavy atom. The lowest BCUT2D eigenvalue weighted by Crippen LogP contribution is -2.49. The molecule has 1 saturated heterocycles. The SMILES string of the molecule is O=C(CCN1C(=O)c2ccc(Br)cc2C1=O)N1CCN(Cc2cn3ccccc3n2)CC1. The summed E-state index contributed by atoms with van der Waals surface area (Å²) >= 11 is 3.33. The first-order chi connectivity index (χ1) is 15.5. The maximum atomic E-state index is 12.7. The molecule has 4 heterocycles.